The first-order valence-electron chi connectivity index (χ1n) is 12.4. The Morgan fingerprint density at radius 2 is 1.49 bits per heavy atom. The van der Waals surface area contributed by atoms with Crippen LogP contribution in [0.4, 0.5) is 4.39 Å². The Hall–Kier alpha value is -4.08. The van der Waals surface area contributed by atoms with Crippen LogP contribution in [0.3, 0.4) is 0 Å². The van der Waals surface area contributed by atoms with Crippen LogP contribution in [0.2, 0.25) is 0 Å². The van der Waals surface area contributed by atoms with E-state index in [-0.39, 0.29) is 17.9 Å². The van der Waals surface area contributed by atoms with Crippen molar-refractivity contribution < 1.29 is 22.4 Å². The molecule has 1 atom stereocenters. The lowest BCUT2D eigenvalue weighted by Crippen LogP contribution is -2.52. The van der Waals surface area contributed by atoms with Crippen LogP contribution in [-0.2, 0) is 32.6 Å². The normalized spacial score (nSPS) is 12.3. The van der Waals surface area contributed by atoms with Gasteiger partial charge in [0.2, 0.25) is 21.8 Å². The van der Waals surface area contributed by atoms with Crippen molar-refractivity contribution in [2.24, 2.45) is 0 Å². The van der Waals surface area contributed by atoms with Gasteiger partial charge in [0.25, 0.3) is 0 Å². The number of hydrogen-bond donors (Lipinski definition) is 1. The number of halogens is 1. The van der Waals surface area contributed by atoms with Gasteiger partial charge >= 0.3 is 0 Å². The lowest BCUT2D eigenvalue weighted by atomic mass is 10.0. The first-order chi connectivity index (χ1) is 18.7. The predicted molar refractivity (Wildman–Crippen MR) is 149 cm³/mol. The molecule has 9 heteroatoms. The molecule has 4 rings (SSSR count). The van der Waals surface area contributed by atoms with E-state index in [1.807, 2.05) is 54.6 Å². The zero-order chi connectivity index (χ0) is 28.0. The van der Waals surface area contributed by atoms with Gasteiger partial charge in [0, 0.05) is 27.1 Å². The monoisotopic (exact) mass is 547 g/mol. The van der Waals surface area contributed by atoms with Crippen molar-refractivity contribution in [1.29, 1.82) is 0 Å². The Morgan fingerprint density at radius 1 is 0.846 bits per heavy atom. The molecular formula is C30H30FN3O4S. The minimum atomic E-state index is -4.01. The minimum Gasteiger partial charge on any atom is -0.357 e. The Labute approximate surface area is 227 Å². The molecule has 0 aliphatic carbocycles. The second-order valence-corrected chi connectivity index (χ2v) is 11.3. The molecule has 0 bridgehead atoms. The Balaban J connectivity index is 1.64. The summed E-state index contributed by atoms with van der Waals surface area (Å²) in [6.07, 6.45) is 0.217. The van der Waals surface area contributed by atoms with Crippen molar-refractivity contribution >= 4 is 32.6 Å². The molecular weight excluding hydrogens is 517 g/mol. The molecule has 0 saturated carbocycles. The summed E-state index contributed by atoms with van der Waals surface area (Å²) in [5.74, 6) is -1.38. The first-order valence-corrected chi connectivity index (χ1v) is 13.9. The molecule has 39 heavy (non-hydrogen) atoms. The van der Waals surface area contributed by atoms with Crippen molar-refractivity contribution in [3.05, 3.63) is 114 Å². The fourth-order valence-electron chi connectivity index (χ4n) is 4.38. The summed E-state index contributed by atoms with van der Waals surface area (Å²) in [5.41, 5.74) is 1.44. The molecule has 0 unspecified atom stereocenters. The first kappa shape index (κ1) is 27.9. The summed E-state index contributed by atoms with van der Waals surface area (Å²) in [6.45, 7) is -0.494. The highest BCUT2D eigenvalue weighted by Crippen LogP contribution is 2.22. The molecule has 7 nitrogen and oxygen atoms in total. The van der Waals surface area contributed by atoms with Crippen molar-refractivity contribution in [1.82, 2.24) is 14.5 Å². The fourth-order valence-corrected chi connectivity index (χ4v) is 5.54. The fraction of sp³-hybridized carbons (Fsp3) is 0.200. The molecule has 4 aromatic carbocycles. The van der Waals surface area contributed by atoms with Crippen molar-refractivity contribution in [3.8, 4) is 0 Å². The summed E-state index contributed by atoms with van der Waals surface area (Å²) >= 11 is 0. The van der Waals surface area contributed by atoms with Gasteiger partial charge in [0.1, 0.15) is 11.9 Å². The molecule has 0 saturated heterocycles. The summed E-state index contributed by atoms with van der Waals surface area (Å²) in [6, 6.07) is 26.2. The third kappa shape index (κ3) is 6.68. The van der Waals surface area contributed by atoms with Gasteiger partial charge in [-0.05, 0) is 46.2 Å². The van der Waals surface area contributed by atoms with Gasteiger partial charge < -0.3 is 10.2 Å². The average Bonchev–Trinajstić information content (AvgIpc) is 2.95. The van der Waals surface area contributed by atoms with Crippen LogP contribution in [0.25, 0.3) is 10.8 Å². The SMILES string of the molecule is CNC(=O)[C@H](Cc1ccccc1)N(Cc1ccc(F)cc1)C(=O)CN(C)S(=O)(=O)c1ccc2ccccc2c1. The van der Waals surface area contributed by atoms with Crippen LogP contribution in [0.5, 0.6) is 0 Å². The minimum absolute atomic E-state index is 0.00606. The van der Waals surface area contributed by atoms with Gasteiger partial charge in [0.15, 0.2) is 0 Å². The maximum atomic E-state index is 13.7. The van der Waals surface area contributed by atoms with Gasteiger partial charge in [-0.25, -0.2) is 12.8 Å². The summed E-state index contributed by atoms with van der Waals surface area (Å²) < 4.78 is 41.4. The van der Waals surface area contributed by atoms with E-state index < -0.39 is 40.2 Å². The Kier molecular flexibility index (Phi) is 8.73. The lowest BCUT2D eigenvalue weighted by Gasteiger charge is -2.32. The summed E-state index contributed by atoms with van der Waals surface area (Å²) in [4.78, 5) is 28.2. The molecule has 2 amide bonds. The van der Waals surface area contributed by atoms with E-state index in [2.05, 4.69) is 5.32 Å². The average molecular weight is 548 g/mol. The number of amides is 2. The molecule has 0 spiro atoms. The van der Waals surface area contributed by atoms with Crippen molar-refractivity contribution in [3.63, 3.8) is 0 Å². The highest BCUT2D eigenvalue weighted by Gasteiger charge is 2.32. The molecule has 0 heterocycles. The lowest BCUT2D eigenvalue weighted by molar-refractivity contribution is -0.141. The van der Waals surface area contributed by atoms with E-state index in [0.29, 0.717) is 5.56 Å². The number of likely N-dealkylation sites (N-methyl/N-ethyl adjacent to an activating group) is 2. The number of hydrogen-bond acceptors (Lipinski definition) is 4. The van der Waals surface area contributed by atoms with Gasteiger partial charge in [-0.15, -0.1) is 0 Å². The van der Waals surface area contributed by atoms with E-state index in [1.165, 1.54) is 49.3 Å². The van der Waals surface area contributed by atoms with E-state index >= 15 is 0 Å². The van der Waals surface area contributed by atoms with Crippen molar-refractivity contribution in [2.75, 3.05) is 20.6 Å². The number of carbonyl (C=O) groups is 2. The zero-order valence-corrected chi connectivity index (χ0v) is 22.6. The highest BCUT2D eigenvalue weighted by atomic mass is 32.2. The molecule has 1 N–H and O–H groups in total. The van der Waals surface area contributed by atoms with Crippen LogP contribution >= 0.6 is 0 Å². The van der Waals surface area contributed by atoms with Gasteiger partial charge in [0.05, 0.1) is 11.4 Å². The van der Waals surface area contributed by atoms with Crippen LogP contribution in [0.1, 0.15) is 11.1 Å². The number of nitrogens with one attached hydrogen (secondary N) is 1. The molecule has 0 radical (unpaired) electrons. The van der Waals surface area contributed by atoms with Crippen molar-refractivity contribution in [2.45, 2.75) is 23.9 Å². The van der Waals surface area contributed by atoms with Gasteiger partial charge in [-0.1, -0.05) is 72.8 Å². The van der Waals surface area contributed by atoms with Crippen LogP contribution in [-0.4, -0.2) is 56.1 Å². The van der Waals surface area contributed by atoms with E-state index in [4.69, 9.17) is 0 Å². The van der Waals surface area contributed by atoms with Gasteiger partial charge in [-0.2, -0.15) is 4.31 Å². The summed E-state index contributed by atoms with van der Waals surface area (Å²) in [7, 11) is -1.19. The maximum Gasteiger partial charge on any atom is 0.243 e. The second kappa shape index (κ2) is 12.2. The van der Waals surface area contributed by atoms with E-state index in [0.717, 1.165) is 20.6 Å². The van der Waals surface area contributed by atoms with E-state index in [9.17, 15) is 22.4 Å². The van der Waals surface area contributed by atoms with Crippen LogP contribution in [0.15, 0.2) is 102 Å². The molecule has 202 valence electrons. The largest absolute Gasteiger partial charge is 0.357 e. The number of nitrogens with zero attached hydrogens (tertiary/aromatic N) is 2. The zero-order valence-electron chi connectivity index (χ0n) is 21.7. The Bertz CT molecular complexity index is 1560. The Morgan fingerprint density at radius 3 is 2.15 bits per heavy atom. The topological polar surface area (TPSA) is 86.8 Å². The van der Waals surface area contributed by atoms with Crippen LogP contribution in [0, 0.1) is 5.82 Å². The molecule has 4 aromatic rings. The number of carbonyl (C=O) groups excluding carboxylic acids is 2. The predicted octanol–water partition coefficient (Wildman–Crippen LogP) is 3.99. The molecule has 0 fully saturated rings. The number of sulfonamides is 1. The maximum absolute atomic E-state index is 13.7. The number of benzene rings is 4. The van der Waals surface area contributed by atoms with Gasteiger partial charge in [-0.3, -0.25) is 9.59 Å². The van der Waals surface area contributed by atoms with Crippen LogP contribution < -0.4 is 5.32 Å². The third-order valence-corrected chi connectivity index (χ3v) is 8.37. The summed E-state index contributed by atoms with van der Waals surface area (Å²) in [5, 5.41) is 4.28. The van der Waals surface area contributed by atoms with E-state index in [1.54, 1.807) is 12.1 Å². The second-order valence-electron chi connectivity index (χ2n) is 9.24. The highest BCUT2D eigenvalue weighted by molar-refractivity contribution is 7.89. The number of rotatable bonds is 10. The quantitative estimate of drug-likeness (QED) is 0.325. The smallest absolute Gasteiger partial charge is 0.243 e. The molecule has 0 aromatic heterocycles. The standard InChI is InChI=1S/C30H30FN3O4S/c1-32-30(36)28(18-22-8-4-3-5-9-22)34(20-23-12-15-26(31)16-13-23)29(35)21-33(2)39(37,38)27-17-14-24-10-6-7-11-25(24)19-27/h3-17,19,28H,18,20-21H2,1-2H3,(H,32,36)/t28-/m0/s1. The third-order valence-electron chi connectivity index (χ3n) is 6.57. The number of fused-ring (bicyclic) bond motifs is 1. The molecule has 0 aliphatic heterocycles. The molecule has 0 aliphatic rings.